The molecule has 1 atom stereocenters. The van der Waals surface area contributed by atoms with Gasteiger partial charge in [0, 0.05) is 23.5 Å². The van der Waals surface area contributed by atoms with Gasteiger partial charge in [-0.05, 0) is 40.4 Å². The molecule has 90 valence electrons. The normalized spacial score (nSPS) is 12.4. The molecule has 0 saturated carbocycles. The number of halogens is 2. The summed E-state index contributed by atoms with van der Waals surface area (Å²) >= 11 is 11.1. The minimum absolute atomic E-state index is 0.332. The molecular weight excluding hydrogens is 320 g/mol. The highest BCUT2D eigenvalue weighted by Crippen LogP contribution is 2.24. The SMILES string of the molecule is CC(Cc1cccs1)Nc1ncc(Cl)cc1Br. The average Bonchev–Trinajstić information content (AvgIpc) is 2.75. The van der Waals surface area contributed by atoms with E-state index in [1.165, 1.54) is 4.88 Å². The highest BCUT2D eigenvalue weighted by atomic mass is 79.9. The van der Waals surface area contributed by atoms with Gasteiger partial charge in [-0.15, -0.1) is 11.3 Å². The fourth-order valence-corrected chi connectivity index (χ4v) is 3.12. The van der Waals surface area contributed by atoms with Gasteiger partial charge in [-0.1, -0.05) is 17.7 Å². The molecule has 0 amide bonds. The van der Waals surface area contributed by atoms with Crippen LogP contribution in [0, 0.1) is 0 Å². The van der Waals surface area contributed by atoms with Crippen molar-refractivity contribution in [3.8, 4) is 0 Å². The zero-order valence-corrected chi connectivity index (χ0v) is 12.4. The Morgan fingerprint density at radius 3 is 3.06 bits per heavy atom. The number of hydrogen-bond acceptors (Lipinski definition) is 3. The highest BCUT2D eigenvalue weighted by molar-refractivity contribution is 9.10. The molecule has 2 rings (SSSR count). The Hall–Kier alpha value is -0.580. The molecule has 0 fully saturated rings. The lowest BCUT2D eigenvalue weighted by Crippen LogP contribution is -2.18. The largest absolute Gasteiger partial charge is 0.366 e. The summed E-state index contributed by atoms with van der Waals surface area (Å²) in [6, 6.07) is 6.39. The van der Waals surface area contributed by atoms with Gasteiger partial charge in [0.25, 0.3) is 0 Å². The molecule has 2 nitrogen and oxygen atoms in total. The maximum atomic E-state index is 5.85. The topological polar surface area (TPSA) is 24.9 Å². The van der Waals surface area contributed by atoms with Crippen molar-refractivity contribution in [3.63, 3.8) is 0 Å². The first kappa shape index (κ1) is 12.9. The molecule has 0 radical (unpaired) electrons. The maximum absolute atomic E-state index is 5.85. The summed E-state index contributed by atoms with van der Waals surface area (Å²) in [4.78, 5) is 5.63. The predicted octanol–water partition coefficient (Wildman–Crippen LogP) is 4.60. The van der Waals surface area contributed by atoms with Gasteiger partial charge in [-0.25, -0.2) is 4.98 Å². The van der Waals surface area contributed by atoms with E-state index in [0.717, 1.165) is 16.7 Å². The molecule has 1 N–H and O–H groups in total. The van der Waals surface area contributed by atoms with Gasteiger partial charge in [-0.2, -0.15) is 0 Å². The summed E-state index contributed by atoms with van der Waals surface area (Å²) in [6.45, 7) is 2.14. The van der Waals surface area contributed by atoms with Gasteiger partial charge in [0.2, 0.25) is 0 Å². The van der Waals surface area contributed by atoms with Crippen LogP contribution in [0.5, 0.6) is 0 Å². The Morgan fingerprint density at radius 1 is 1.59 bits per heavy atom. The second kappa shape index (κ2) is 5.85. The molecule has 0 spiro atoms. The Morgan fingerprint density at radius 2 is 2.41 bits per heavy atom. The minimum Gasteiger partial charge on any atom is -0.366 e. The third kappa shape index (κ3) is 3.69. The second-order valence-corrected chi connectivity index (χ2v) is 6.14. The molecule has 5 heteroatoms. The molecule has 0 aromatic carbocycles. The van der Waals surface area contributed by atoms with Gasteiger partial charge in [0.05, 0.1) is 9.50 Å². The first-order valence-electron chi connectivity index (χ1n) is 5.25. The molecule has 0 aliphatic heterocycles. The zero-order valence-electron chi connectivity index (χ0n) is 9.28. The van der Waals surface area contributed by atoms with Crippen molar-refractivity contribution in [2.45, 2.75) is 19.4 Å². The van der Waals surface area contributed by atoms with Gasteiger partial charge in [0.15, 0.2) is 0 Å². The molecular formula is C12H12BrClN2S. The van der Waals surface area contributed by atoms with Crippen LogP contribution in [0.3, 0.4) is 0 Å². The molecule has 2 aromatic heterocycles. The van der Waals surface area contributed by atoms with Crippen molar-refractivity contribution in [3.05, 3.63) is 44.1 Å². The molecule has 2 heterocycles. The average molecular weight is 332 g/mol. The van der Waals surface area contributed by atoms with Crippen LogP contribution in [-0.2, 0) is 6.42 Å². The number of pyridine rings is 1. The van der Waals surface area contributed by atoms with E-state index in [1.807, 2.05) is 6.07 Å². The molecule has 0 aliphatic carbocycles. The molecule has 17 heavy (non-hydrogen) atoms. The number of thiophene rings is 1. The number of aromatic nitrogens is 1. The van der Waals surface area contributed by atoms with Crippen molar-refractivity contribution in [2.75, 3.05) is 5.32 Å². The van der Waals surface area contributed by atoms with Gasteiger partial charge in [0.1, 0.15) is 5.82 Å². The number of hydrogen-bond donors (Lipinski definition) is 1. The lowest BCUT2D eigenvalue weighted by molar-refractivity contribution is 0.793. The van der Waals surface area contributed by atoms with Crippen LogP contribution in [0.1, 0.15) is 11.8 Å². The van der Waals surface area contributed by atoms with Crippen LogP contribution in [-0.4, -0.2) is 11.0 Å². The van der Waals surface area contributed by atoms with E-state index >= 15 is 0 Å². The summed E-state index contributed by atoms with van der Waals surface area (Å²) in [6.07, 6.45) is 2.64. The van der Waals surface area contributed by atoms with E-state index in [0.29, 0.717) is 11.1 Å². The minimum atomic E-state index is 0.332. The fourth-order valence-electron chi connectivity index (χ4n) is 1.54. The van der Waals surface area contributed by atoms with Crippen molar-refractivity contribution < 1.29 is 0 Å². The molecule has 0 saturated heterocycles. The van der Waals surface area contributed by atoms with Gasteiger partial charge >= 0.3 is 0 Å². The quantitative estimate of drug-likeness (QED) is 0.885. The van der Waals surface area contributed by atoms with Crippen LogP contribution in [0.25, 0.3) is 0 Å². The van der Waals surface area contributed by atoms with Crippen molar-refractivity contribution in [1.29, 1.82) is 0 Å². The lowest BCUT2D eigenvalue weighted by Gasteiger charge is -2.14. The Labute approximate surface area is 118 Å². The van der Waals surface area contributed by atoms with Gasteiger partial charge < -0.3 is 5.32 Å². The van der Waals surface area contributed by atoms with E-state index in [2.05, 4.69) is 50.7 Å². The molecule has 1 unspecified atom stereocenters. The summed E-state index contributed by atoms with van der Waals surface area (Å²) in [5.74, 6) is 0.832. The number of rotatable bonds is 4. The van der Waals surface area contributed by atoms with E-state index in [1.54, 1.807) is 17.5 Å². The summed E-state index contributed by atoms with van der Waals surface area (Å²) in [7, 11) is 0. The number of nitrogens with one attached hydrogen (secondary N) is 1. The smallest absolute Gasteiger partial charge is 0.140 e. The number of nitrogens with zero attached hydrogens (tertiary/aromatic N) is 1. The Bertz CT molecular complexity index is 487. The van der Waals surface area contributed by atoms with E-state index in [9.17, 15) is 0 Å². The van der Waals surface area contributed by atoms with Crippen LogP contribution < -0.4 is 5.32 Å². The van der Waals surface area contributed by atoms with Crippen LogP contribution in [0.15, 0.2) is 34.2 Å². The summed E-state index contributed by atoms with van der Waals surface area (Å²) < 4.78 is 0.892. The monoisotopic (exact) mass is 330 g/mol. The fraction of sp³-hybridized carbons (Fsp3) is 0.250. The van der Waals surface area contributed by atoms with Crippen molar-refractivity contribution in [1.82, 2.24) is 4.98 Å². The first-order valence-corrected chi connectivity index (χ1v) is 7.30. The predicted molar refractivity (Wildman–Crippen MR) is 78.1 cm³/mol. The lowest BCUT2D eigenvalue weighted by atomic mass is 10.2. The Kier molecular flexibility index (Phi) is 4.42. The maximum Gasteiger partial charge on any atom is 0.140 e. The summed E-state index contributed by atoms with van der Waals surface area (Å²) in [5, 5.41) is 6.09. The van der Waals surface area contributed by atoms with Crippen LogP contribution in [0.2, 0.25) is 5.02 Å². The standard InChI is InChI=1S/C12H12BrClN2S/c1-8(5-10-3-2-4-17-10)16-12-11(13)6-9(14)7-15-12/h2-4,6-8H,5H2,1H3,(H,15,16). The van der Waals surface area contributed by atoms with Gasteiger partial charge in [-0.3, -0.25) is 0 Å². The molecule has 0 aliphatic rings. The number of anilines is 1. The van der Waals surface area contributed by atoms with Crippen molar-refractivity contribution >= 4 is 44.7 Å². The van der Waals surface area contributed by atoms with E-state index < -0.39 is 0 Å². The molecule has 0 bridgehead atoms. The third-order valence-electron chi connectivity index (χ3n) is 2.28. The zero-order chi connectivity index (χ0) is 12.3. The highest BCUT2D eigenvalue weighted by Gasteiger charge is 2.08. The van der Waals surface area contributed by atoms with Crippen LogP contribution >= 0.6 is 38.9 Å². The summed E-state index contributed by atoms with van der Waals surface area (Å²) in [5.41, 5.74) is 0. The third-order valence-corrected chi connectivity index (χ3v) is 3.99. The van der Waals surface area contributed by atoms with E-state index in [4.69, 9.17) is 11.6 Å². The Balaban J connectivity index is 2.00. The first-order chi connectivity index (χ1) is 8.15. The second-order valence-electron chi connectivity index (χ2n) is 3.81. The van der Waals surface area contributed by atoms with Crippen molar-refractivity contribution in [2.24, 2.45) is 0 Å². The molecule has 2 aromatic rings. The van der Waals surface area contributed by atoms with Crippen LogP contribution in [0.4, 0.5) is 5.82 Å². The van der Waals surface area contributed by atoms with E-state index in [-0.39, 0.29) is 0 Å².